The molecule has 0 saturated carbocycles. The molecule has 26 heavy (non-hydrogen) atoms. The molecule has 1 unspecified atom stereocenters. The molecule has 2 rings (SSSR count). The maximum atomic E-state index is 12.4. The number of rotatable bonds is 5. The molecule has 6 nitrogen and oxygen atoms in total. The number of benzene rings is 2. The molecule has 0 heterocycles. The van der Waals surface area contributed by atoms with Crippen LogP contribution >= 0.6 is 23.2 Å². The molecule has 2 aromatic rings. The van der Waals surface area contributed by atoms with E-state index in [4.69, 9.17) is 38.4 Å². The summed E-state index contributed by atoms with van der Waals surface area (Å²) in [4.78, 5) is 24.6. The molecule has 8 heteroatoms. The molecule has 138 valence electrons. The summed E-state index contributed by atoms with van der Waals surface area (Å²) in [6.07, 6.45) is -1.07. The van der Waals surface area contributed by atoms with Gasteiger partial charge in [0.15, 0.2) is 6.10 Å². The molecule has 3 N–H and O–H groups in total. The highest BCUT2D eigenvalue weighted by Crippen LogP contribution is 2.31. The quantitative estimate of drug-likeness (QED) is 0.586. The highest BCUT2D eigenvalue weighted by Gasteiger charge is 2.22. The minimum absolute atomic E-state index is 0.0945. The lowest BCUT2D eigenvalue weighted by molar-refractivity contribution is -0.123. The van der Waals surface area contributed by atoms with Crippen molar-refractivity contribution >= 4 is 46.5 Å². The van der Waals surface area contributed by atoms with Crippen LogP contribution in [0.5, 0.6) is 5.75 Å². The Morgan fingerprint density at radius 2 is 1.88 bits per heavy atom. The van der Waals surface area contributed by atoms with Crippen LogP contribution in [0.4, 0.5) is 11.4 Å². The highest BCUT2D eigenvalue weighted by molar-refractivity contribution is 6.33. The third-order valence-electron chi connectivity index (χ3n) is 3.66. The van der Waals surface area contributed by atoms with E-state index in [1.165, 1.54) is 20.1 Å². The van der Waals surface area contributed by atoms with E-state index in [9.17, 15) is 9.59 Å². The topological polar surface area (TPSA) is 90.6 Å². The summed E-state index contributed by atoms with van der Waals surface area (Å²) in [6.45, 7) is 3.24. The number of nitrogens with one attached hydrogen (secondary N) is 1. The summed E-state index contributed by atoms with van der Waals surface area (Å²) in [6, 6.07) is 7.86. The number of carbonyl (C=O) groups excluding carboxylic acids is 2. The number of nitrogens with two attached hydrogens (primary N) is 1. The molecule has 0 fully saturated rings. The van der Waals surface area contributed by atoms with Gasteiger partial charge in [-0.3, -0.25) is 4.79 Å². The monoisotopic (exact) mass is 396 g/mol. The van der Waals surface area contributed by atoms with Crippen molar-refractivity contribution in [1.29, 1.82) is 0 Å². The van der Waals surface area contributed by atoms with E-state index in [0.29, 0.717) is 16.5 Å². The van der Waals surface area contributed by atoms with Crippen molar-refractivity contribution in [2.75, 3.05) is 18.2 Å². The molecule has 0 saturated heterocycles. The first-order valence-corrected chi connectivity index (χ1v) is 8.40. The van der Waals surface area contributed by atoms with E-state index < -0.39 is 18.0 Å². The van der Waals surface area contributed by atoms with Crippen LogP contribution < -0.4 is 15.8 Å². The fraction of sp³-hybridized carbons (Fsp3) is 0.222. The van der Waals surface area contributed by atoms with Gasteiger partial charge in [0.2, 0.25) is 0 Å². The molecule has 0 aliphatic heterocycles. The van der Waals surface area contributed by atoms with E-state index in [1.54, 1.807) is 31.2 Å². The molecular weight excluding hydrogens is 379 g/mol. The number of para-hydroxylation sites is 1. The molecule has 0 radical (unpaired) electrons. The van der Waals surface area contributed by atoms with E-state index in [0.717, 1.165) is 5.56 Å². The summed E-state index contributed by atoms with van der Waals surface area (Å²) < 4.78 is 10.4. The zero-order chi connectivity index (χ0) is 19.4. The average Bonchev–Trinajstić information content (AvgIpc) is 2.59. The van der Waals surface area contributed by atoms with Crippen LogP contribution in [0.1, 0.15) is 22.8 Å². The van der Waals surface area contributed by atoms with Crippen LogP contribution in [0.15, 0.2) is 30.3 Å². The first kappa shape index (κ1) is 19.9. The second-order valence-corrected chi connectivity index (χ2v) is 6.35. The molecule has 2 aromatic carbocycles. The zero-order valence-electron chi connectivity index (χ0n) is 14.4. The number of methoxy groups -OCH3 is 1. The maximum absolute atomic E-state index is 12.4. The van der Waals surface area contributed by atoms with E-state index in [1.807, 2.05) is 0 Å². The van der Waals surface area contributed by atoms with Gasteiger partial charge in [-0.05, 0) is 37.6 Å². The molecule has 0 bridgehead atoms. The van der Waals surface area contributed by atoms with Gasteiger partial charge in [0.25, 0.3) is 5.91 Å². The molecule has 0 aliphatic carbocycles. The van der Waals surface area contributed by atoms with Gasteiger partial charge in [0.1, 0.15) is 5.75 Å². The van der Waals surface area contributed by atoms with Crippen molar-refractivity contribution in [3.63, 3.8) is 0 Å². The smallest absolute Gasteiger partial charge is 0.341 e. The number of nitrogen functional groups attached to an aromatic ring is 1. The normalized spacial score (nSPS) is 11.6. The Labute approximate surface area is 161 Å². The van der Waals surface area contributed by atoms with Gasteiger partial charge >= 0.3 is 5.97 Å². The van der Waals surface area contributed by atoms with Gasteiger partial charge in [-0.1, -0.05) is 29.3 Å². The summed E-state index contributed by atoms with van der Waals surface area (Å²) >= 11 is 11.9. The van der Waals surface area contributed by atoms with Crippen molar-refractivity contribution in [2.45, 2.75) is 20.0 Å². The number of carbonyl (C=O) groups is 2. The Hall–Kier alpha value is -2.44. The first-order chi connectivity index (χ1) is 12.2. The van der Waals surface area contributed by atoms with Gasteiger partial charge in [0, 0.05) is 11.1 Å². The van der Waals surface area contributed by atoms with E-state index in [-0.39, 0.29) is 16.3 Å². The number of anilines is 2. The fourth-order valence-corrected chi connectivity index (χ4v) is 2.48. The maximum Gasteiger partial charge on any atom is 0.341 e. The molecule has 1 atom stereocenters. The van der Waals surface area contributed by atoms with Gasteiger partial charge in [0.05, 0.1) is 29.1 Å². The lowest BCUT2D eigenvalue weighted by Gasteiger charge is -2.16. The summed E-state index contributed by atoms with van der Waals surface area (Å²) in [5, 5.41) is 3.40. The second-order valence-electron chi connectivity index (χ2n) is 5.54. The van der Waals surface area contributed by atoms with Crippen LogP contribution in [0, 0.1) is 6.92 Å². The Bertz CT molecular complexity index is 855. The molecule has 0 aliphatic rings. The minimum atomic E-state index is -1.07. The van der Waals surface area contributed by atoms with Crippen molar-refractivity contribution in [3.05, 3.63) is 51.5 Å². The number of esters is 1. The van der Waals surface area contributed by atoms with Crippen molar-refractivity contribution < 1.29 is 19.1 Å². The Morgan fingerprint density at radius 1 is 1.19 bits per heavy atom. The summed E-state index contributed by atoms with van der Waals surface area (Å²) in [5.41, 5.74) is 7.14. The minimum Gasteiger partial charge on any atom is -0.495 e. The van der Waals surface area contributed by atoms with Crippen LogP contribution in [0.25, 0.3) is 0 Å². The number of halogens is 2. The van der Waals surface area contributed by atoms with Crippen molar-refractivity contribution in [1.82, 2.24) is 0 Å². The van der Waals surface area contributed by atoms with Gasteiger partial charge in [-0.25, -0.2) is 4.79 Å². The zero-order valence-corrected chi connectivity index (χ0v) is 15.9. The second kappa shape index (κ2) is 8.29. The van der Waals surface area contributed by atoms with Gasteiger partial charge in [-0.15, -0.1) is 0 Å². The standard InChI is InChI=1S/C18H18Cl2N2O4/c1-9-7-14(15(25-3)8-13(9)20)22-17(23)10(2)26-18(24)11-5-4-6-12(19)16(11)21/h4-8,10H,21H2,1-3H3,(H,22,23). The Kier molecular flexibility index (Phi) is 6.34. The van der Waals surface area contributed by atoms with Gasteiger partial charge in [-0.2, -0.15) is 0 Å². The number of amides is 1. The molecule has 0 spiro atoms. The predicted molar refractivity (Wildman–Crippen MR) is 102 cm³/mol. The van der Waals surface area contributed by atoms with Crippen LogP contribution in [0.2, 0.25) is 10.0 Å². The van der Waals surface area contributed by atoms with Crippen molar-refractivity contribution in [3.8, 4) is 5.75 Å². The van der Waals surface area contributed by atoms with E-state index >= 15 is 0 Å². The Morgan fingerprint density at radius 3 is 2.54 bits per heavy atom. The van der Waals surface area contributed by atoms with Gasteiger partial charge < -0.3 is 20.5 Å². The summed E-state index contributed by atoms with van der Waals surface area (Å²) in [5.74, 6) is -0.877. The predicted octanol–water partition coefficient (Wildman–Crippen LogP) is 4.08. The molecule has 1 amide bonds. The summed E-state index contributed by atoms with van der Waals surface area (Å²) in [7, 11) is 1.46. The van der Waals surface area contributed by atoms with Crippen LogP contribution in [-0.2, 0) is 9.53 Å². The fourth-order valence-electron chi connectivity index (χ4n) is 2.16. The van der Waals surface area contributed by atoms with Crippen molar-refractivity contribution in [2.24, 2.45) is 0 Å². The average molecular weight is 397 g/mol. The molecule has 0 aromatic heterocycles. The number of ether oxygens (including phenoxy) is 2. The SMILES string of the molecule is COc1cc(Cl)c(C)cc1NC(=O)C(C)OC(=O)c1cccc(Cl)c1N. The third kappa shape index (κ3) is 4.39. The Balaban J connectivity index is 2.12. The van der Waals surface area contributed by atoms with Crippen LogP contribution in [-0.4, -0.2) is 25.1 Å². The lowest BCUT2D eigenvalue weighted by atomic mass is 10.2. The highest BCUT2D eigenvalue weighted by atomic mass is 35.5. The largest absolute Gasteiger partial charge is 0.495 e. The first-order valence-electron chi connectivity index (χ1n) is 7.64. The molecular formula is C18H18Cl2N2O4. The van der Waals surface area contributed by atoms with Crippen LogP contribution in [0.3, 0.4) is 0 Å². The van der Waals surface area contributed by atoms with E-state index in [2.05, 4.69) is 5.32 Å². The number of hydrogen-bond donors (Lipinski definition) is 2. The number of hydrogen-bond acceptors (Lipinski definition) is 5. The lowest BCUT2D eigenvalue weighted by Crippen LogP contribution is -2.30. The third-order valence-corrected chi connectivity index (χ3v) is 4.40. The number of aryl methyl sites for hydroxylation is 1.